The van der Waals surface area contributed by atoms with Gasteiger partial charge < -0.3 is 10.3 Å². The number of H-pyrrole nitrogens is 1. The van der Waals surface area contributed by atoms with Crippen molar-refractivity contribution in [1.82, 2.24) is 9.97 Å². The lowest BCUT2D eigenvalue weighted by Gasteiger charge is -2.37. The van der Waals surface area contributed by atoms with Crippen LogP contribution in [0.25, 0.3) is 11.0 Å². The molecule has 0 saturated heterocycles. The van der Waals surface area contributed by atoms with E-state index in [1.54, 1.807) is 0 Å². The first-order valence-corrected chi connectivity index (χ1v) is 8.75. The minimum atomic E-state index is -0.00932. The molecule has 2 heterocycles. The van der Waals surface area contributed by atoms with Crippen LogP contribution < -0.4 is 5.32 Å². The minimum absolute atomic E-state index is 0.00932. The molecule has 2 N–H and O–H groups in total. The first-order chi connectivity index (χ1) is 12.2. The van der Waals surface area contributed by atoms with Crippen molar-refractivity contribution in [3.8, 4) is 0 Å². The Morgan fingerprint density at radius 3 is 2.76 bits per heavy atom. The summed E-state index contributed by atoms with van der Waals surface area (Å²) >= 11 is 0. The van der Waals surface area contributed by atoms with Gasteiger partial charge in [-0.2, -0.15) is 0 Å². The van der Waals surface area contributed by atoms with Gasteiger partial charge in [-0.1, -0.05) is 48.9 Å². The third kappa shape index (κ3) is 2.98. The maximum atomic E-state index is 4.46. The number of fused-ring (bicyclic) bond motifs is 1. The van der Waals surface area contributed by atoms with E-state index in [4.69, 9.17) is 0 Å². The molecule has 3 aromatic rings. The molecule has 25 heavy (non-hydrogen) atoms. The molecule has 1 aliphatic rings. The summed E-state index contributed by atoms with van der Waals surface area (Å²) in [5.74, 6) is 0. The molecule has 2 unspecified atom stereocenters. The van der Waals surface area contributed by atoms with Gasteiger partial charge in [0.1, 0.15) is 5.65 Å². The van der Waals surface area contributed by atoms with Gasteiger partial charge in [-0.05, 0) is 37.6 Å². The van der Waals surface area contributed by atoms with Gasteiger partial charge in [-0.25, -0.2) is 4.98 Å². The average Bonchev–Trinajstić information content (AvgIpc) is 3.05. The topological polar surface area (TPSA) is 40.7 Å². The fraction of sp³-hybridized carbons (Fsp3) is 0.227. The van der Waals surface area contributed by atoms with Crippen molar-refractivity contribution < 1.29 is 0 Å². The molecule has 0 saturated carbocycles. The number of benzene rings is 1. The molecule has 0 aliphatic heterocycles. The number of hydrogen-bond donors (Lipinski definition) is 2. The van der Waals surface area contributed by atoms with E-state index in [-0.39, 0.29) is 11.5 Å². The highest BCUT2D eigenvalue weighted by atomic mass is 15.0. The standard InChI is InChI=1S/C22H23N3/c1-16-8-10-17(11-9-16)25-20(22(2)12-4-3-5-13-22)19-15-24-21-18(19)7-6-14-23-21/h3-12,14-15,20,25H,13H2,1-2H3,(H,23,24). The number of aryl methyl sites for hydroxylation is 1. The van der Waals surface area contributed by atoms with Gasteiger partial charge >= 0.3 is 0 Å². The molecule has 0 bridgehead atoms. The van der Waals surface area contributed by atoms with Crippen LogP contribution in [0.15, 0.2) is 73.1 Å². The van der Waals surface area contributed by atoms with Crippen molar-refractivity contribution in [2.75, 3.05) is 5.32 Å². The van der Waals surface area contributed by atoms with Crippen LogP contribution in [0.5, 0.6) is 0 Å². The molecule has 4 rings (SSSR count). The van der Waals surface area contributed by atoms with E-state index >= 15 is 0 Å². The fourth-order valence-corrected chi connectivity index (χ4v) is 3.59. The van der Waals surface area contributed by atoms with Gasteiger partial charge in [0.2, 0.25) is 0 Å². The molecule has 126 valence electrons. The number of nitrogens with one attached hydrogen (secondary N) is 2. The fourth-order valence-electron chi connectivity index (χ4n) is 3.59. The van der Waals surface area contributed by atoms with Gasteiger partial charge in [0.25, 0.3) is 0 Å². The zero-order chi connectivity index (χ0) is 17.3. The second-order valence-corrected chi connectivity index (χ2v) is 7.08. The van der Waals surface area contributed by atoms with Crippen LogP contribution in [0, 0.1) is 12.3 Å². The van der Waals surface area contributed by atoms with Gasteiger partial charge in [0.05, 0.1) is 6.04 Å². The molecular formula is C22H23N3. The van der Waals surface area contributed by atoms with Crippen molar-refractivity contribution in [2.45, 2.75) is 26.3 Å². The summed E-state index contributed by atoms with van der Waals surface area (Å²) < 4.78 is 0. The minimum Gasteiger partial charge on any atom is -0.377 e. The SMILES string of the molecule is Cc1ccc(NC(c2c[nH]c3ncccc23)C2(C)C=CC=CC2)cc1. The van der Waals surface area contributed by atoms with Crippen LogP contribution >= 0.6 is 0 Å². The molecular weight excluding hydrogens is 306 g/mol. The summed E-state index contributed by atoms with van der Waals surface area (Å²) in [4.78, 5) is 7.78. The van der Waals surface area contributed by atoms with E-state index in [2.05, 4.69) is 90.0 Å². The molecule has 0 amide bonds. The first-order valence-electron chi connectivity index (χ1n) is 8.75. The van der Waals surface area contributed by atoms with Crippen molar-refractivity contribution in [1.29, 1.82) is 0 Å². The molecule has 0 radical (unpaired) electrons. The third-order valence-electron chi connectivity index (χ3n) is 5.10. The first kappa shape index (κ1) is 15.7. The number of aromatic nitrogens is 2. The van der Waals surface area contributed by atoms with Crippen LogP contribution in [-0.4, -0.2) is 9.97 Å². The second kappa shape index (κ2) is 6.25. The molecule has 3 nitrogen and oxygen atoms in total. The van der Waals surface area contributed by atoms with E-state index in [9.17, 15) is 0 Å². The predicted molar refractivity (Wildman–Crippen MR) is 105 cm³/mol. The van der Waals surface area contributed by atoms with Gasteiger partial charge in [-0.15, -0.1) is 0 Å². The number of hydrogen-bond acceptors (Lipinski definition) is 2. The maximum Gasteiger partial charge on any atom is 0.137 e. The number of allylic oxidation sites excluding steroid dienone is 3. The van der Waals surface area contributed by atoms with E-state index in [1.165, 1.54) is 16.5 Å². The third-order valence-corrected chi connectivity index (χ3v) is 5.10. The van der Waals surface area contributed by atoms with Gasteiger partial charge in [0, 0.05) is 34.4 Å². The lowest BCUT2D eigenvalue weighted by molar-refractivity contribution is 0.365. The van der Waals surface area contributed by atoms with E-state index in [1.807, 2.05) is 12.3 Å². The summed E-state index contributed by atoms with van der Waals surface area (Å²) in [6.45, 7) is 4.43. The molecule has 1 aromatic carbocycles. The van der Waals surface area contributed by atoms with Gasteiger partial charge in [0.15, 0.2) is 0 Å². The van der Waals surface area contributed by atoms with Crippen LogP contribution in [0.2, 0.25) is 0 Å². The molecule has 0 fully saturated rings. The summed E-state index contributed by atoms with van der Waals surface area (Å²) in [5.41, 5.74) is 4.59. The van der Waals surface area contributed by atoms with Crippen molar-refractivity contribution in [3.63, 3.8) is 0 Å². The van der Waals surface area contributed by atoms with Gasteiger partial charge in [-0.3, -0.25) is 0 Å². The largest absolute Gasteiger partial charge is 0.377 e. The number of aromatic amines is 1. The molecule has 0 spiro atoms. The maximum absolute atomic E-state index is 4.46. The zero-order valence-electron chi connectivity index (χ0n) is 14.7. The Balaban J connectivity index is 1.79. The van der Waals surface area contributed by atoms with Crippen LogP contribution in [0.3, 0.4) is 0 Å². The Hall–Kier alpha value is -2.81. The summed E-state index contributed by atoms with van der Waals surface area (Å²) in [6.07, 6.45) is 13.8. The van der Waals surface area contributed by atoms with Crippen molar-refractivity contribution in [3.05, 3.63) is 84.2 Å². The van der Waals surface area contributed by atoms with E-state index < -0.39 is 0 Å². The highest BCUT2D eigenvalue weighted by Gasteiger charge is 2.34. The Kier molecular flexibility index (Phi) is 3.92. The monoisotopic (exact) mass is 329 g/mol. The highest BCUT2D eigenvalue weighted by molar-refractivity contribution is 5.80. The van der Waals surface area contributed by atoms with Crippen molar-refractivity contribution >= 4 is 16.7 Å². The van der Waals surface area contributed by atoms with Crippen LogP contribution in [0.4, 0.5) is 5.69 Å². The highest BCUT2D eigenvalue weighted by Crippen LogP contribution is 2.44. The Labute approximate surface area is 148 Å². The Bertz CT molecular complexity index is 933. The summed E-state index contributed by atoms with van der Waals surface area (Å²) in [5, 5.41) is 4.96. The normalized spacial score (nSPS) is 20.7. The lowest BCUT2D eigenvalue weighted by atomic mass is 9.74. The number of rotatable bonds is 4. The average molecular weight is 329 g/mol. The number of pyridine rings is 1. The molecule has 3 heteroatoms. The lowest BCUT2D eigenvalue weighted by Crippen LogP contribution is -2.30. The van der Waals surface area contributed by atoms with Crippen LogP contribution in [-0.2, 0) is 0 Å². The smallest absolute Gasteiger partial charge is 0.137 e. The van der Waals surface area contributed by atoms with Crippen molar-refractivity contribution in [2.24, 2.45) is 5.41 Å². The predicted octanol–water partition coefficient (Wildman–Crippen LogP) is 5.55. The van der Waals surface area contributed by atoms with E-state index in [0.29, 0.717) is 0 Å². The number of nitrogens with zero attached hydrogens (tertiary/aromatic N) is 1. The number of anilines is 1. The summed E-state index contributed by atoms with van der Waals surface area (Å²) in [7, 11) is 0. The Morgan fingerprint density at radius 1 is 1.16 bits per heavy atom. The summed E-state index contributed by atoms with van der Waals surface area (Å²) in [6, 6.07) is 12.9. The quantitative estimate of drug-likeness (QED) is 0.659. The Morgan fingerprint density at radius 2 is 2.00 bits per heavy atom. The zero-order valence-corrected chi connectivity index (χ0v) is 14.7. The van der Waals surface area contributed by atoms with E-state index in [0.717, 1.165) is 17.8 Å². The molecule has 2 atom stereocenters. The van der Waals surface area contributed by atoms with Crippen LogP contribution in [0.1, 0.15) is 30.5 Å². The second-order valence-electron chi connectivity index (χ2n) is 7.08. The molecule has 1 aliphatic carbocycles. The molecule has 2 aromatic heterocycles.